The normalized spacial score (nSPS) is 11.1. The molecule has 0 radical (unpaired) electrons. The second-order valence-corrected chi connectivity index (χ2v) is 3.65. The monoisotopic (exact) mass is 142 g/mol. The molecule has 0 bridgehead atoms. The Hall–Kier alpha value is -0.660. The third kappa shape index (κ3) is 5.48. The molecule has 10 heavy (non-hydrogen) atoms. The largest absolute Gasteiger partial charge is 0.303 e. The zero-order chi connectivity index (χ0) is 8.20. The van der Waals surface area contributed by atoms with Crippen LogP contribution in [0.25, 0.3) is 0 Å². The Morgan fingerprint density at radius 1 is 1.40 bits per heavy atom. The second kappa shape index (κ2) is 3.49. The van der Waals surface area contributed by atoms with Crippen LogP contribution >= 0.6 is 0 Å². The molecule has 2 heteroatoms. The van der Waals surface area contributed by atoms with Crippen molar-refractivity contribution in [1.29, 1.82) is 0 Å². The molecule has 0 aliphatic rings. The number of rotatable bonds is 3. The molecule has 0 aromatic heterocycles. The topological polar surface area (TPSA) is 34.1 Å². The van der Waals surface area contributed by atoms with E-state index in [4.69, 9.17) is 0 Å². The van der Waals surface area contributed by atoms with E-state index in [-0.39, 0.29) is 17.6 Å². The summed E-state index contributed by atoms with van der Waals surface area (Å²) in [5.74, 6) is 0.0301. The third-order valence-electron chi connectivity index (χ3n) is 1.04. The van der Waals surface area contributed by atoms with Crippen molar-refractivity contribution in [2.75, 3.05) is 0 Å². The average molecular weight is 142 g/mol. The van der Waals surface area contributed by atoms with Crippen LogP contribution in [0, 0.1) is 5.41 Å². The molecule has 0 aromatic carbocycles. The molecule has 0 spiro atoms. The van der Waals surface area contributed by atoms with Crippen LogP contribution in [0.4, 0.5) is 0 Å². The molecule has 0 aliphatic heterocycles. The van der Waals surface area contributed by atoms with Crippen molar-refractivity contribution in [3.63, 3.8) is 0 Å². The van der Waals surface area contributed by atoms with E-state index in [1.165, 1.54) is 0 Å². The van der Waals surface area contributed by atoms with Gasteiger partial charge in [0.2, 0.25) is 0 Å². The summed E-state index contributed by atoms with van der Waals surface area (Å²) < 4.78 is 0. The number of carbonyl (C=O) groups is 2. The summed E-state index contributed by atoms with van der Waals surface area (Å²) in [5, 5.41) is 0. The van der Waals surface area contributed by atoms with Gasteiger partial charge in [0.15, 0.2) is 0 Å². The van der Waals surface area contributed by atoms with Crippen molar-refractivity contribution in [2.45, 2.75) is 33.6 Å². The summed E-state index contributed by atoms with van der Waals surface area (Å²) in [6.45, 7) is 5.95. The number of aldehydes is 1. The maximum atomic E-state index is 10.8. The lowest BCUT2D eigenvalue weighted by molar-refractivity contribution is -0.123. The molecule has 0 saturated heterocycles. The number of hydrogen-bond acceptors (Lipinski definition) is 2. The zero-order valence-electron chi connectivity index (χ0n) is 6.81. The summed E-state index contributed by atoms with van der Waals surface area (Å²) in [6.07, 6.45) is 1.22. The minimum atomic E-state index is 0.0140. The van der Waals surface area contributed by atoms with Gasteiger partial charge in [-0.05, 0) is 5.41 Å². The highest BCUT2D eigenvalue weighted by atomic mass is 16.1. The Morgan fingerprint density at radius 2 is 1.90 bits per heavy atom. The molecule has 2 nitrogen and oxygen atoms in total. The summed E-state index contributed by atoms with van der Waals surface area (Å²) in [7, 11) is 0. The standard InChI is InChI=1S/C8H14O2/c1-8(2,3)6-7(10)4-5-9/h5H,4,6H2,1-3H3. The van der Waals surface area contributed by atoms with Gasteiger partial charge in [0.05, 0.1) is 6.42 Å². The molecule has 0 aliphatic carbocycles. The van der Waals surface area contributed by atoms with E-state index in [1.54, 1.807) is 0 Å². The van der Waals surface area contributed by atoms with Crippen LogP contribution in [-0.2, 0) is 9.59 Å². The number of ketones is 1. The smallest absolute Gasteiger partial charge is 0.140 e. The summed E-state index contributed by atoms with van der Waals surface area (Å²) in [6, 6.07) is 0. The Kier molecular flexibility index (Phi) is 3.26. The molecule has 58 valence electrons. The number of carbonyl (C=O) groups excluding carboxylic acids is 2. The quantitative estimate of drug-likeness (QED) is 0.443. The van der Waals surface area contributed by atoms with Crippen LogP contribution in [-0.4, -0.2) is 12.1 Å². The van der Waals surface area contributed by atoms with Gasteiger partial charge in [0.1, 0.15) is 12.1 Å². The van der Waals surface area contributed by atoms with Crippen molar-refractivity contribution >= 4 is 12.1 Å². The number of hydrogen-bond donors (Lipinski definition) is 0. The fourth-order valence-electron chi connectivity index (χ4n) is 0.757. The molecular weight excluding hydrogens is 128 g/mol. The van der Waals surface area contributed by atoms with E-state index in [2.05, 4.69) is 0 Å². The van der Waals surface area contributed by atoms with Gasteiger partial charge >= 0.3 is 0 Å². The first-order valence-corrected chi connectivity index (χ1v) is 3.41. The maximum absolute atomic E-state index is 10.8. The van der Waals surface area contributed by atoms with Gasteiger partial charge in [-0.2, -0.15) is 0 Å². The lowest BCUT2D eigenvalue weighted by atomic mass is 9.89. The maximum Gasteiger partial charge on any atom is 0.140 e. The molecule has 0 unspecified atom stereocenters. The van der Waals surface area contributed by atoms with Crippen LogP contribution in [0.1, 0.15) is 33.6 Å². The molecule has 0 rings (SSSR count). The van der Waals surface area contributed by atoms with Crippen molar-refractivity contribution < 1.29 is 9.59 Å². The Labute approximate surface area is 61.6 Å². The lowest BCUT2D eigenvalue weighted by Gasteiger charge is -2.15. The second-order valence-electron chi connectivity index (χ2n) is 3.65. The summed E-state index contributed by atoms with van der Waals surface area (Å²) >= 11 is 0. The van der Waals surface area contributed by atoms with E-state index in [0.717, 1.165) is 0 Å². The molecule has 0 aromatic rings. The highest BCUT2D eigenvalue weighted by molar-refractivity contribution is 5.89. The molecule has 0 fully saturated rings. The van der Waals surface area contributed by atoms with Crippen LogP contribution in [0.15, 0.2) is 0 Å². The van der Waals surface area contributed by atoms with Gasteiger partial charge in [-0.1, -0.05) is 20.8 Å². The lowest BCUT2D eigenvalue weighted by Crippen LogP contribution is -2.12. The first-order valence-electron chi connectivity index (χ1n) is 3.41. The molecule has 0 amide bonds. The van der Waals surface area contributed by atoms with Gasteiger partial charge < -0.3 is 4.79 Å². The van der Waals surface area contributed by atoms with E-state index in [1.807, 2.05) is 20.8 Å². The first-order chi connectivity index (χ1) is 4.45. The Bertz CT molecular complexity index is 131. The van der Waals surface area contributed by atoms with E-state index in [0.29, 0.717) is 12.7 Å². The Balaban J connectivity index is 3.68. The van der Waals surface area contributed by atoms with Crippen molar-refractivity contribution in [1.82, 2.24) is 0 Å². The molecule has 0 N–H and O–H groups in total. The minimum absolute atomic E-state index is 0.0140. The van der Waals surface area contributed by atoms with Crippen molar-refractivity contribution in [3.05, 3.63) is 0 Å². The molecule has 0 heterocycles. The van der Waals surface area contributed by atoms with Crippen molar-refractivity contribution in [2.24, 2.45) is 5.41 Å². The predicted octanol–water partition coefficient (Wildman–Crippen LogP) is 1.58. The summed E-state index contributed by atoms with van der Waals surface area (Å²) in [5.41, 5.74) is 0.0140. The van der Waals surface area contributed by atoms with Gasteiger partial charge in [-0.25, -0.2) is 0 Å². The fraction of sp³-hybridized carbons (Fsp3) is 0.750. The predicted molar refractivity (Wildman–Crippen MR) is 39.8 cm³/mol. The Morgan fingerprint density at radius 3 is 2.20 bits per heavy atom. The third-order valence-corrected chi connectivity index (χ3v) is 1.04. The van der Waals surface area contributed by atoms with E-state index < -0.39 is 0 Å². The SMILES string of the molecule is CC(C)(C)CC(=O)CC=O. The molecule has 0 saturated carbocycles. The zero-order valence-corrected chi connectivity index (χ0v) is 6.81. The van der Waals surface area contributed by atoms with Gasteiger partial charge in [-0.15, -0.1) is 0 Å². The van der Waals surface area contributed by atoms with Crippen molar-refractivity contribution in [3.8, 4) is 0 Å². The van der Waals surface area contributed by atoms with Gasteiger partial charge in [-0.3, -0.25) is 4.79 Å². The van der Waals surface area contributed by atoms with Crippen LogP contribution in [0.2, 0.25) is 0 Å². The molecule has 0 atom stereocenters. The average Bonchev–Trinajstić information content (AvgIpc) is 1.59. The van der Waals surface area contributed by atoms with Crippen LogP contribution in [0.3, 0.4) is 0 Å². The highest BCUT2D eigenvalue weighted by Crippen LogP contribution is 2.18. The van der Waals surface area contributed by atoms with Crippen LogP contribution in [0.5, 0.6) is 0 Å². The first kappa shape index (κ1) is 9.34. The van der Waals surface area contributed by atoms with Gasteiger partial charge in [0.25, 0.3) is 0 Å². The number of Topliss-reactive ketones (excluding diaryl/α,β-unsaturated/α-hetero) is 1. The summed E-state index contributed by atoms with van der Waals surface area (Å²) in [4.78, 5) is 20.7. The van der Waals surface area contributed by atoms with E-state index in [9.17, 15) is 9.59 Å². The van der Waals surface area contributed by atoms with Gasteiger partial charge in [0, 0.05) is 6.42 Å². The minimum Gasteiger partial charge on any atom is -0.303 e. The van der Waals surface area contributed by atoms with Crippen LogP contribution < -0.4 is 0 Å². The molecular formula is C8H14O2. The highest BCUT2D eigenvalue weighted by Gasteiger charge is 2.14. The fourth-order valence-corrected chi connectivity index (χ4v) is 0.757. The van der Waals surface area contributed by atoms with E-state index >= 15 is 0 Å².